The number of thiazole rings is 1. The van der Waals surface area contributed by atoms with E-state index in [1.54, 1.807) is 19.9 Å². The maximum atomic E-state index is 13.3. The third-order valence-electron chi connectivity index (χ3n) is 4.74. The summed E-state index contributed by atoms with van der Waals surface area (Å²) in [6.07, 6.45) is 0.289. The van der Waals surface area contributed by atoms with Gasteiger partial charge in [0, 0.05) is 35.0 Å². The molecule has 2 heterocycles. The van der Waals surface area contributed by atoms with E-state index < -0.39 is 24.3 Å². The van der Waals surface area contributed by atoms with Crippen LogP contribution < -0.4 is 4.90 Å². The van der Waals surface area contributed by atoms with Crippen molar-refractivity contribution in [3.8, 4) is 11.3 Å². The molecule has 0 radical (unpaired) electrons. The highest BCUT2D eigenvalue weighted by molar-refractivity contribution is 7.14. The lowest BCUT2D eigenvalue weighted by Crippen LogP contribution is -2.56. The van der Waals surface area contributed by atoms with Gasteiger partial charge in [-0.15, -0.1) is 11.3 Å². The van der Waals surface area contributed by atoms with Gasteiger partial charge < -0.3 is 10.0 Å². The van der Waals surface area contributed by atoms with Crippen LogP contribution >= 0.6 is 22.9 Å². The molecule has 2 amide bonds. The van der Waals surface area contributed by atoms with Crippen molar-refractivity contribution in [2.75, 3.05) is 11.4 Å². The Bertz CT molecular complexity index is 930. The minimum absolute atomic E-state index is 0.199. The molecular weight excluding hydrogens is 414 g/mol. The molecule has 1 saturated heterocycles. The molecule has 0 aliphatic carbocycles. The van der Waals surface area contributed by atoms with Crippen molar-refractivity contribution in [1.82, 2.24) is 9.88 Å². The lowest BCUT2D eigenvalue weighted by molar-refractivity contribution is -0.148. The quantitative estimate of drug-likeness (QED) is 0.773. The van der Waals surface area contributed by atoms with Crippen LogP contribution in [0.15, 0.2) is 29.6 Å². The molecule has 29 heavy (non-hydrogen) atoms. The first-order valence-electron chi connectivity index (χ1n) is 9.34. The summed E-state index contributed by atoms with van der Waals surface area (Å²) in [6, 6.07) is 5.96. The number of nitrogens with zero attached hydrogens (tertiary/aromatic N) is 3. The highest BCUT2D eigenvalue weighted by Crippen LogP contribution is 2.33. The zero-order valence-electron chi connectivity index (χ0n) is 16.2. The van der Waals surface area contributed by atoms with Gasteiger partial charge in [-0.25, -0.2) is 4.98 Å². The molecule has 0 bridgehead atoms. The molecule has 0 spiro atoms. The fourth-order valence-corrected chi connectivity index (χ4v) is 4.56. The fraction of sp³-hybridized carbons (Fsp3) is 0.400. The molecule has 1 N–H and O–H groups in total. The van der Waals surface area contributed by atoms with Gasteiger partial charge in [0.1, 0.15) is 6.04 Å². The number of carbonyl (C=O) groups is 3. The average molecular weight is 436 g/mol. The van der Waals surface area contributed by atoms with Crippen LogP contribution in [0.3, 0.4) is 0 Å². The summed E-state index contributed by atoms with van der Waals surface area (Å²) >= 11 is 7.55. The Kier molecular flexibility index (Phi) is 6.54. The summed E-state index contributed by atoms with van der Waals surface area (Å²) in [5, 5.41) is 12.2. The average Bonchev–Trinajstić information content (AvgIpc) is 3.12. The summed E-state index contributed by atoms with van der Waals surface area (Å²) in [5.41, 5.74) is 1.41. The topological polar surface area (TPSA) is 90.8 Å². The normalized spacial score (nSPS) is 18.1. The van der Waals surface area contributed by atoms with Crippen LogP contribution in [0.5, 0.6) is 0 Å². The molecule has 1 aliphatic rings. The number of carboxylic acids is 1. The van der Waals surface area contributed by atoms with Crippen molar-refractivity contribution in [2.45, 2.75) is 45.2 Å². The number of aromatic nitrogens is 1. The molecule has 2 aromatic rings. The van der Waals surface area contributed by atoms with Crippen LogP contribution in [0.2, 0.25) is 5.02 Å². The van der Waals surface area contributed by atoms with Gasteiger partial charge in [0.2, 0.25) is 5.91 Å². The predicted octanol–water partition coefficient (Wildman–Crippen LogP) is 3.67. The first-order valence-corrected chi connectivity index (χ1v) is 10.6. The zero-order chi connectivity index (χ0) is 21.1. The van der Waals surface area contributed by atoms with Crippen molar-refractivity contribution >= 4 is 45.9 Å². The Hall–Kier alpha value is -2.45. The summed E-state index contributed by atoms with van der Waals surface area (Å²) in [7, 11) is 0. The van der Waals surface area contributed by atoms with Crippen molar-refractivity contribution in [1.29, 1.82) is 0 Å². The standard InChI is InChI=1S/C20H22ClN3O4S/c1-12(2)24-16(10-18(26)27)19(28)23(9-5-8-17(24)25)20-22-15(11-29-20)13-6-3-4-7-14(13)21/h3-4,6-7,11-12,16H,5,8-10H2,1-2H3,(H,26,27). The molecule has 1 atom stereocenters. The van der Waals surface area contributed by atoms with Crippen molar-refractivity contribution < 1.29 is 19.5 Å². The molecule has 9 heteroatoms. The number of hydrogen-bond acceptors (Lipinski definition) is 5. The van der Waals surface area contributed by atoms with E-state index in [9.17, 15) is 19.5 Å². The van der Waals surface area contributed by atoms with E-state index in [4.69, 9.17) is 11.6 Å². The Morgan fingerprint density at radius 1 is 1.34 bits per heavy atom. The molecule has 154 valence electrons. The van der Waals surface area contributed by atoms with Crippen molar-refractivity contribution in [3.63, 3.8) is 0 Å². The highest BCUT2D eigenvalue weighted by Gasteiger charge is 2.38. The first-order chi connectivity index (χ1) is 13.8. The molecule has 1 aromatic heterocycles. The van der Waals surface area contributed by atoms with Crippen molar-refractivity contribution in [3.05, 3.63) is 34.7 Å². The number of rotatable bonds is 5. The second kappa shape index (κ2) is 8.92. The largest absolute Gasteiger partial charge is 0.481 e. The van der Waals surface area contributed by atoms with Crippen molar-refractivity contribution in [2.24, 2.45) is 0 Å². The van der Waals surface area contributed by atoms with Gasteiger partial charge in [0.25, 0.3) is 5.91 Å². The van der Waals surface area contributed by atoms with Gasteiger partial charge in [0.05, 0.1) is 12.1 Å². The van der Waals surface area contributed by atoms with Crippen LogP contribution in [0.25, 0.3) is 11.3 Å². The van der Waals surface area contributed by atoms with E-state index >= 15 is 0 Å². The number of hydrogen-bond donors (Lipinski definition) is 1. The second-order valence-electron chi connectivity index (χ2n) is 7.10. The van der Waals surface area contributed by atoms with Gasteiger partial charge in [-0.3, -0.25) is 19.3 Å². The number of carboxylic acid groups (broad SMARTS) is 1. The van der Waals surface area contributed by atoms with E-state index in [1.165, 1.54) is 21.1 Å². The Morgan fingerprint density at radius 2 is 2.07 bits per heavy atom. The third kappa shape index (κ3) is 4.59. The van der Waals surface area contributed by atoms with E-state index in [0.29, 0.717) is 28.8 Å². The molecular formula is C20H22ClN3O4S. The minimum atomic E-state index is -1.13. The number of benzene rings is 1. The van der Waals surface area contributed by atoms with E-state index in [1.807, 2.05) is 23.6 Å². The molecule has 1 fully saturated rings. The summed E-state index contributed by atoms with van der Waals surface area (Å²) < 4.78 is 0. The van der Waals surface area contributed by atoms with E-state index in [0.717, 1.165) is 5.56 Å². The first kappa shape index (κ1) is 21.3. The van der Waals surface area contributed by atoms with Gasteiger partial charge in [-0.2, -0.15) is 0 Å². The summed E-state index contributed by atoms with van der Waals surface area (Å²) in [5.74, 6) is -1.75. The zero-order valence-corrected chi connectivity index (χ0v) is 17.7. The lowest BCUT2D eigenvalue weighted by Gasteiger charge is -2.38. The Labute approximate surface area is 177 Å². The number of anilines is 1. The fourth-order valence-electron chi connectivity index (χ4n) is 3.47. The van der Waals surface area contributed by atoms with Crippen LogP contribution in [-0.4, -0.2) is 51.4 Å². The molecule has 1 unspecified atom stereocenters. The Balaban J connectivity index is 1.96. The smallest absolute Gasteiger partial charge is 0.305 e. The number of aliphatic carboxylic acids is 1. The molecule has 7 nitrogen and oxygen atoms in total. The minimum Gasteiger partial charge on any atom is -0.481 e. The number of halogens is 1. The number of carbonyl (C=O) groups excluding carboxylic acids is 2. The third-order valence-corrected chi connectivity index (χ3v) is 5.94. The second-order valence-corrected chi connectivity index (χ2v) is 8.34. The van der Waals surface area contributed by atoms with E-state index in [2.05, 4.69) is 4.98 Å². The predicted molar refractivity (Wildman–Crippen MR) is 112 cm³/mol. The SMILES string of the molecule is CC(C)N1C(=O)CCCN(c2nc(-c3ccccc3Cl)cs2)C(=O)C1CC(=O)O. The molecule has 1 aliphatic heterocycles. The van der Waals surface area contributed by atoms with Crippen LogP contribution in [0, 0.1) is 0 Å². The molecule has 3 rings (SSSR count). The van der Waals surface area contributed by atoms with Crippen LogP contribution in [0.4, 0.5) is 5.13 Å². The monoisotopic (exact) mass is 435 g/mol. The molecule has 0 saturated carbocycles. The number of amides is 2. The van der Waals surface area contributed by atoms with E-state index in [-0.39, 0.29) is 18.4 Å². The van der Waals surface area contributed by atoms with Gasteiger partial charge in [-0.1, -0.05) is 29.8 Å². The van der Waals surface area contributed by atoms with Gasteiger partial charge in [-0.05, 0) is 26.3 Å². The van der Waals surface area contributed by atoms with Crippen LogP contribution in [0.1, 0.15) is 33.1 Å². The summed E-state index contributed by atoms with van der Waals surface area (Å²) in [4.78, 5) is 44.8. The van der Waals surface area contributed by atoms with Crippen LogP contribution in [-0.2, 0) is 14.4 Å². The highest BCUT2D eigenvalue weighted by atomic mass is 35.5. The summed E-state index contributed by atoms with van der Waals surface area (Å²) in [6.45, 7) is 3.87. The maximum absolute atomic E-state index is 13.3. The lowest BCUT2D eigenvalue weighted by atomic mass is 10.0. The Morgan fingerprint density at radius 3 is 2.72 bits per heavy atom. The maximum Gasteiger partial charge on any atom is 0.305 e. The van der Waals surface area contributed by atoms with Gasteiger partial charge in [0.15, 0.2) is 5.13 Å². The van der Waals surface area contributed by atoms with Gasteiger partial charge >= 0.3 is 5.97 Å². The molecule has 1 aromatic carbocycles.